The Labute approximate surface area is 116 Å². The van der Waals surface area contributed by atoms with E-state index in [0.717, 1.165) is 12.0 Å². The fourth-order valence-electron chi connectivity index (χ4n) is 2.32. The number of carboxylic acids is 1. The average molecular weight is 284 g/mol. The van der Waals surface area contributed by atoms with E-state index in [2.05, 4.69) is 0 Å². The van der Waals surface area contributed by atoms with E-state index in [1.807, 2.05) is 0 Å². The van der Waals surface area contributed by atoms with E-state index in [1.54, 1.807) is 6.07 Å². The molecule has 0 saturated carbocycles. The van der Waals surface area contributed by atoms with Crippen LogP contribution in [0.15, 0.2) is 18.2 Å². The van der Waals surface area contributed by atoms with Crippen LogP contribution < -0.4 is 4.74 Å². The lowest BCUT2D eigenvalue weighted by Crippen LogP contribution is -2.31. The van der Waals surface area contributed by atoms with Gasteiger partial charge in [0.05, 0.1) is 12.0 Å². The Bertz CT molecular complexity index is 524. The number of hydrogen-bond acceptors (Lipinski definition) is 2. The van der Waals surface area contributed by atoms with Gasteiger partial charge in [-0.25, -0.2) is 8.78 Å². The summed E-state index contributed by atoms with van der Waals surface area (Å²) >= 11 is 0. The maximum atomic E-state index is 14.3. The molecule has 0 aromatic heterocycles. The molecule has 0 amide bonds. The van der Waals surface area contributed by atoms with Gasteiger partial charge in [-0.3, -0.25) is 4.79 Å². The molecule has 0 bridgehead atoms. The smallest absolute Gasteiger partial charge is 0.309 e. The molecule has 110 valence electrons. The van der Waals surface area contributed by atoms with Crippen LogP contribution in [0.1, 0.15) is 37.8 Å². The molecule has 5 heteroatoms. The number of halogens is 2. The lowest BCUT2D eigenvalue weighted by atomic mass is 9.84. The Kier molecular flexibility index (Phi) is 3.71. The zero-order valence-electron chi connectivity index (χ0n) is 11.6. The van der Waals surface area contributed by atoms with Crippen molar-refractivity contribution in [2.45, 2.75) is 39.0 Å². The molecule has 1 aliphatic rings. The van der Waals surface area contributed by atoms with E-state index < -0.39 is 23.7 Å². The Morgan fingerprint density at radius 1 is 1.40 bits per heavy atom. The third-order valence-electron chi connectivity index (χ3n) is 3.57. The molecule has 0 atom stereocenters. The van der Waals surface area contributed by atoms with Crippen LogP contribution >= 0.6 is 0 Å². The summed E-state index contributed by atoms with van der Waals surface area (Å²) in [5, 5.41) is 8.99. The molecule has 1 aromatic carbocycles. The summed E-state index contributed by atoms with van der Waals surface area (Å²) in [6, 6.07) is 4.31. The first-order valence-electron chi connectivity index (χ1n) is 6.60. The molecule has 0 fully saturated rings. The number of rotatable bonds is 4. The second kappa shape index (κ2) is 5.04. The number of alkyl halides is 2. The summed E-state index contributed by atoms with van der Waals surface area (Å²) in [6.45, 7) is 3.23. The number of carbonyl (C=O) groups is 1. The standard InChI is InChI=1S/C15H18F2O3/c1-14(2,13(18)19)9-15(16,17)11-5-6-12-10(8-11)4-3-7-20-12/h5-6,8H,3-4,7,9H2,1-2H3,(H,18,19). The molecule has 0 saturated heterocycles. The van der Waals surface area contributed by atoms with Crippen molar-refractivity contribution in [1.29, 1.82) is 0 Å². The minimum absolute atomic E-state index is 0.143. The van der Waals surface area contributed by atoms with E-state index in [9.17, 15) is 13.6 Å². The zero-order valence-corrected chi connectivity index (χ0v) is 11.6. The summed E-state index contributed by atoms with van der Waals surface area (Å²) < 4.78 is 33.9. The first kappa shape index (κ1) is 14.8. The van der Waals surface area contributed by atoms with Crippen LogP contribution in [0.2, 0.25) is 0 Å². The summed E-state index contributed by atoms with van der Waals surface area (Å²) in [7, 11) is 0. The number of ether oxygens (including phenoxy) is 1. The van der Waals surface area contributed by atoms with Gasteiger partial charge in [-0.2, -0.15) is 0 Å². The zero-order chi connectivity index (χ0) is 15.0. The first-order chi connectivity index (χ1) is 9.22. The highest BCUT2D eigenvalue weighted by Crippen LogP contribution is 2.41. The van der Waals surface area contributed by atoms with Crippen molar-refractivity contribution in [2.24, 2.45) is 5.41 Å². The molecule has 0 radical (unpaired) electrons. The molecule has 2 rings (SSSR count). The third-order valence-corrected chi connectivity index (χ3v) is 3.57. The third kappa shape index (κ3) is 2.92. The second-order valence-corrected chi connectivity index (χ2v) is 5.84. The van der Waals surface area contributed by atoms with Gasteiger partial charge in [0.2, 0.25) is 0 Å². The van der Waals surface area contributed by atoms with Crippen LogP contribution in [0.25, 0.3) is 0 Å². The molecular weight excluding hydrogens is 266 g/mol. The van der Waals surface area contributed by atoms with E-state index in [0.29, 0.717) is 18.8 Å². The molecule has 1 aromatic rings. The van der Waals surface area contributed by atoms with Gasteiger partial charge >= 0.3 is 5.97 Å². The van der Waals surface area contributed by atoms with Gasteiger partial charge in [0, 0.05) is 12.0 Å². The number of benzene rings is 1. The molecule has 0 aliphatic carbocycles. The number of aryl methyl sites for hydroxylation is 1. The van der Waals surface area contributed by atoms with Gasteiger partial charge in [-0.1, -0.05) is 0 Å². The van der Waals surface area contributed by atoms with Gasteiger partial charge in [0.1, 0.15) is 5.75 Å². The molecule has 1 N–H and O–H groups in total. The van der Waals surface area contributed by atoms with E-state index in [1.165, 1.54) is 26.0 Å². The van der Waals surface area contributed by atoms with Crippen molar-refractivity contribution >= 4 is 5.97 Å². The Balaban J connectivity index is 2.27. The van der Waals surface area contributed by atoms with Crippen LogP contribution in [0.5, 0.6) is 5.75 Å². The van der Waals surface area contributed by atoms with Gasteiger partial charge in [0.25, 0.3) is 5.92 Å². The summed E-state index contributed by atoms with van der Waals surface area (Å²) in [5.41, 5.74) is -0.853. The Morgan fingerprint density at radius 3 is 2.75 bits per heavy atom. The Morgan fingerprint density at radius 2 is 2.10 bits per heavy atom. The first-order valence-corrected chi connectivity index (χ1v) is 6.60. The SMILES string of the molecule is CC(C)(CC(F)(F)c1ccc2c(c1)CCCO2)C(=O)O. The van der Waals surface area contributed by atoms with Crippen LogP contribution in [-0.4, -0.2) is 17.7 Å². The monoisotopic (exact) mass is 284 g/mol. The molecule has 1 aliphatic heterocycles. The fraction of sp³-hybridized carbons (Fsp3) is 0.533. The molecular formula is C15H18F2O3. The largest absolute Gasteiger partial charge is 0.493 e. The second-order valence-electron chi connectivity index (χ2n) is 5.84. The van der Waals surface area contributed by atoms with E-state index in [-0.39, 0.29) is 5.56 Å². The van der Waals surface area contributed by atoms with Crippen molar-refractivity contribution in [3.8, 4) is 5.75 Å². The van der Waals surface area contributed by atoms with Gasteiger partial charge in [0.15, 0.2) is 0 Å². The van der Waals surface area contributed by atoms with Gasteiger partial charge in [-0.05, 0) is 50.5 Å². The highest BCUT2D eigenvalue weighted by atomic mass is 19.3. The van der Waals surface area contributed by atoms with Crippen molar-refractivity contribution in [1.82, 2.24) is 0 Å². The van der Waals surface area contributed by atoms with Crippen LogP contribution in [-0.2, 0) is 17.1 Å². The average Bonchev–Trinajstić information content (AvgIpc) is 2.36. The number of hydrogen-bond donors (Lipinski definition) is 1. The minimum Gasteiger partial charge on any atom is -0.493 e. The number of carboxylic acid groups (broad SMARTS) is 1. The highest BCUT2D eigenvalue weighted by molar-refractivity contribution is 5.73. The molecule has 1 heterocycles. The predicted molar refractivity (Wildman–Crippen MR) is 70.2 cm³/mol. The van der Waals surface area contributed by atoms with Crippen LogP contribution in [0.3, 0.4) is 0 Å². The van der Waals surface area contributed by atoms with E-state index in [4.69, 9.17) is 9.84 Å². The summed E-state index contributed by atoms with van der Waals surface area (Å²) in [5.74, 6) is -3.75. The Hall–Kier alpha value is -1.65. The summed E-state index contributed by atoms with van der Waals surface area (Å²) in [4.78, 5) is 11.0. The lowest BCUT2D eigenvalue weighted by Gasteiger charge is -2.27. The van der Waals surface area contributed by atoms with Gasteiger partial charge in [-0.15, -0.1) is 0 Å². The molecule has 20 heavy (non-hydrogen) atoms. The molecule has 3 nitrogen and oxygen atoms in total. The predicted octanol–water partition coefficient (Wildman–Crippen LogP) is 3.60. The molecule has 0 unspecified atom stereocenters. The molecule has 0 spiro atoms. The topological polar surface area (TPSA) is 46.5 Å². The van der Waals surface area contributed by atoms with Crippen molar-refractivity contribution < 1.29 is 23.4 Å². The van der Waals surface area contributed by atoms with Crippen molar-refractivity contribution in [3.63, 3.8) is 0 Å². The van der Waals surface area contributed by atoms with Crippen molar-refractivity contribution in [3.05, 3.63) is 29.3 Å². The fourth-order valence-corrected chi connectivity index (χ4v) is 2.32. The van der Waals surface area contributed by atoms with Crippen LogP contribution in [0, 0.1) is 5.41 Å². The van der Waals surface area contributed by atoms with Crippen molar-refractivity contribution in [2.75, 3.05) is 6.61 Å². The maximum absolute atomic E-state index is 14.3. The maximum Gasteiger partial charge on any atom is 0.309 e. The quantitative estimate of drug-likeness (QED) is 0.918. The number of fused-ring (bicyclic) bond motifs is 1. The summed E-state index contributed by atoms with van der Waals surface area (Å²) in [6.07, 6.45) is 0.791. The lowest BCUT2D eigenvalue weighted by molar-refractivity contribution is -0.153. The van der Waals surface area contributed by atoms with E-state index >= 15 is 0 Å². The minimum atomic E-state index is -3.17. The highest BCUT2D eigenvalue weighted by Gasteiger charge is 2.42. The van der Waals surface area contributed by atoms with Gasteiger partial charge < -0.3 is 9.84 Å². The normalized spacial score (nSPS) is 15.4. The number of aliphatic carboxylic acids is 1. The van der Waals surface area contributed by atoms with Crippen LogP contribution in [0.4, 0.5) is 8.78 Å².